The normalized spacial score (nSPS) is 24.4. The van der Waals surface area contributed by atoms with E-state index in [0.29, 0.717) is 23.0 Å². The number of hydrogen-bond acceptors (Lipinski definition) is 10. The zero-order valence-electron chi connectivity index (χ0n) is 13.3. The third-order valence-electron chi connectivity index (χ3n) is 3.05. The molecule has 0 radical (unpaired) electrons. The lowest BCUT2D eigenvalue weighted by molar-refractivity contribution is 0.237. The van der Waals surface area contributed by atoms with Gasteiger partial charge < -0.3 is 32.7 Å². The molecular formula is C10H16N10O6S. The molecule has 0 aliphatic carbocycles. The van der Waals surface area contributed by atoms with E-state index in [1.165, 1.54) is 12.7 Å². The predicted molar refractivity (Wildman–Crippen MR) is 90.8 cm³/mol. The SMILES string of the molecule is NC1=C2NC=NC2NC(=O)N1.NC1=C2NC=NC2NC(=O)N1.O=S(=O)(O)O. The first-order chi connectivity index (χ1) is 12.5. The van der Waals surface area contributed by atoms with Crippen molar-refractivity contribution in [2.24, 2.45) is 21.5 Å². The van der Waals surface area contributed by atoms with Crippen LogP contribution in [0.3, 0.4) is 0 Å². The first kappa shape index (κ1) is 19.8. The Labute approximate surface area is 151 Å². The quantitative estimate of drug-likeness (QED) is 0.175. The number of nitrogens with one attached hydrogen (secondary N) is 6. The molecule has 0 saturated carbocycles. The standard InChI is InChI=1S/2C5H7N5O.H2O4S/c2*6-3-2-4(8-1-7-2)10-5(11)9-3;1-5(2,3)4/h2*1,4H,6H2,(H,7,8)(H2,9,10,11);(H2,1,2,3,4). The number of nitrogens with zero attached hydrogens (tertiary/aromatic N) is 2. The van der Waals surface area contributed by atoms with E-state index >= 15 is 0 Å². The van der Waals surface area contributed by atoms with Crippen molar-refractivity contribution >= 4 is 35.1 Å². The largest absolute Gasteiger partial charge is 0.394 e. The topological polar surface area (TPSA) is 258 Å². The van der Waals surface area contributed by atoms with Crippen molar-refractivity contribution in [2.75, 3.05) is 0 Å². The number of carbonyl (C=O) groups is 2. The molecule has 0 spiro atoms. The minimum Gasteiger partial charge on any atom is -0.384 e. The smallest absolute Gasteiger partial charge is 0.384 e. The molecule has 4 rings (SSSR count). The Balaban J connectivity index is 0.000000157. The van der Waals surface area contributed by atoms with E-state index in [0.717, 1.165) is 0 Å². The summed E-state index contributed by atoms with van der Waals surface area (Å²) in [5, 5.41) is 15.6. The van der Waals surface area contributed by atoms with Crippen LogP contribution in [0.2, 0.25) is 0 Å². The summed E-state index contributed by atoms with van der Waals surface area (Å²) in [6, 6.07) is -0.644. The fourth-order valence-corrected chi connectivity index (χ4v) is 2.04. The van der Waals surface area contributed by atoms with E-state index in [-0.39, 0.29) is 24.4 Å². The second-order valence-corrected chi connectivity index (χ2v) is 5.85. The average Bonchev–Trinajstić information content (AvgIpc) is 3.14. The number of amides is 4. The van der Waals surface area contributed by atoms with Crippen LogP contribution < -0.4 is 43.4 Å². The first-order valence-electron chi connectivity index (χ1n) is 6.95. The lowest BCUT2D eigenvalue weighted by Gasteiger charge is -2.20. The number of urea groups is 2. The summed E-state index contributed by atoms with van der Waals surface area (Å²) < 4.78 is 31.6. The zero-order chi connectivity index (χ0) is 20.2. The van der Waals surface area contributed by atoms with E-state index in [1.54, 1.807) is 0 Å². The Morgan fingerprint density at radius 2 is 1.19 bits per heavy atom. The zero-order valence-corrected chi connectivity index (χ0v) is 14.1. The summed E-state index contributed by atoms with van der Waals surface area (Å²) in [7, 11) is -4.67. The van der Waals surface area contributed by atoms with Crippen LogP contribution in [-0.4, -0.2) is 54.6 Å². The fourth-order valence-electron chi connectivity index (χ4n) is 2.04. The highest BCUT2D eigenvalue weighted by molar-refractivity contribution is 7.79. The molecule has 0 bridgehead atoms. The van der Waals surface area contributed by atoms with Gasteiger partial charge in [-0.25, -0.2) is 19.6 Å². The molecule has 148 valence electrons. The lowest BCUT2D eigenvalue weighted by atomic mass is 10.3. The number of hydrogen-bond donors (Lipinski definition) is 10. The van der Waals surface area contributed by atoms with Crippen LogP contribution in [0.4, 0.5) is 9.59 Å². The molecule has 2 unspecified atom stereocenters. The van der Waals surface area contributed by atoms with Crippen molar-refractivity contribution in [2.45, 2.75) is 12.3 Å². The van der Waals surface area contributed by atoms with Crippen molar-refractivity contribution in [3.63, 3.8) is 0 Å². The van der Waals surface area contributed by atoms with E-state index in [2.05, 4.69) is 41.9 Å². The van der Waals surface area contributed by atoms with Gasteiger partial charge in [-0.05, 0) is 0 Å². The van der Waals surface area contributed by atoms with Crippen LogP contribution >= 0.6 is 0 Å². The van der Waals surface area contributed by atoms with Crippen LogP contribution in [0.15, 0.2) is 33.0 Å². The molecule has 0 saturated heterocycles. The van der Waals surface area contributed by atoms with Gasteiger partial charge >= 0.3 is 22.5 Å². The maximum Gasteiger partial charge on any atom is 0.394 e. The highest BCUT2D eigenvalue weighted by Gasteiger charge is 2.27. The Morgan fingerprint density at radius 1 is 0.852 bits per heavy atom. The molecule has 12 N–H and O–H groups in total. The van der Waals surface area contributed by atoms with E-state index in [4.69, 9.17) is 29.0 Å². The highest BCUT2D eigenvalue weighted by Crippen LogP contribution is 2.10. The molecule has 0 aromatic carbocycles. The van der Waals surface area contributed by atoms with Gasteiger partial charge in [-0.15, -0.1) is 0 Å². The number of carbonyl (C=O) groups excluding carboxylic acids is 2. The van der Waals surface area contributed by atoms with Crippen LogP contribution in [0.1, 0.15) is 0 Å². The first-order valence-corrected chi connectivity index (χ1v) is 8.35. The van der Waals surface area contributed by atoms with Crippen LogP contribution in [0, 0.1) is 0 Å². The van der Waals surface area contributed by atoms with Crippen LogP contribution in [0.25, 0.3) is 0 Å². The summed E-state index contributed by atoms with van der Waals surface area (Å²) in [5.41, 5.74) is 12.3. The lowest BCUT2D eigenvalue weighted by Crippen LogP contribution is -2.50. The van der Waals surface area contributed by atoms with Gasteiger partial charge in [0.2, 0.25) is 0 Å². The third-order valence-corrected chi connectivity index (χ3v) is 3.05. The van der Waals surface area contributed by atoms with Crippen molar-refractivity contribution in [3.8, 4) is 0 Å². The molecule has 4 aliphatic rings. The molecule has 0 fully saturated rings. The molecule has 16 nitrogen and oxygen atoms in total. The van der Waals surface area contributed by atoms with Gasteiger partial charge in [0.15, 0.2) is 12.3 Å². The molecule has 0 aromatic rings. The Bertz CT molecular complexity index is 798. The minimum atomic E-state index is -4.67. The second-order valence-electron chi connectivity index (χ2n) is 4.95. The molecule has 17 heteroatoms. The Hall–Kier alpha value is -3.57. The molecule has 0 aromatic heterocycles. The predicted octanol–water partition coefficient (Wildman–Crippen LogP) is -3.88. The maximum atomic E-state index is 10.8. The number of rotatable bonds is 0. The monoisotopic (exact) mass is 404 g/mol. The van der Waals surface area contributed by atoms with Crippen molar-refractivity contribution in [1.82, 2.24) is 31.9 Å². The second kappa shape index (κ2) is 7.76. The van der Waals surface area contributed by atoms with Gasteiger partial charge in [-0.3, -0.25) is 19.7 Å². The van der Waals surface area contributed by atoms with Gasteiger partial charge in [0.25, 0.3) is 0 Å². The Morgan fingerprint density at radius 3 is 1.52 bits per heavy atom. The summed E-state index contributed by atoms with van der Waals surface area (Å²) >= 11 is 0. The summed E-state index contributed by atoms with van der Waals surface area (Å²) in [6.07, 6.45) is 2.34. The Kier molecular flexibility index (Phi) is 5.68. The molecule has 4 heterocycles. The maximum absolute atomic E-state index is 10.8. The summed E-state index contributed by atoms with van der Waals surface area (Å²) in [6.45, 7) is 0. The van der Waals surface area contributed by atoms with E-state index < -0.39 is 10.4 Å². The van der Waals surface area contributed by atoms with E-state index in [1.807, 2.05) is 0 Å². The van der Waals surface area contributed by atoms with Crippen molar-refractivity contribution in [3.05, 3.63) is 23.0 Å². The van der Waals surface area contributed by atoms with Crippen molar-refractivity contribution < 1.29 is 27.1 Å². The van der Waals surface area contributed by atoms with Gasteiger partial charge in [0.05, 0.1) is 12.7 Å². The molecule has 27 heavy (non-hydrogen) atoms. The molecule has 2 atom stereocenters. The fraction of sp³-hybridized carbons (Fsp3) is 0.200. The van der Waals surface area contributed by atoms with Gasteiger partial charge in [0.1, 0.15) is 23.0 Å². The van der Waals surface area contributed by atoms with Gasteiger partial charge in [-0.1, -0.05) is 0 Å². The van der Waals surface area contributed by atoms with Crippen LogP contribution in [0.5, 0.6) is 0 Å². The van der Waals surface area contributed by atoms with E-state index in [9.17, 15) is 9.59 Å². The highest BCUT2D eigenvalue weighted by atomic mass is 32.3. The van der Waals surface area contributed by atoms with Gasteiger partial charge in [0, 0.05) is 0 Å². The molecule has 4 amide bonds. The average molecular weight is 404 g/mol. The molecular weight excluding hydrogens is 388 g/mol. The summed E-state index contributed by atoms with van der Waals surface area (Å²) in [5.74, 6) is 0.660. The minimum absolute atomic E-state index is 0.322. The number of nitrogens with two attached hydrogens (primary N) is 2. The number of fused-ring (bicyclic) bond motifs is 2. The van der Waals surface area contributed by atoms with Gasteiger partial charge in [-0.2, -0.15) is 8.42 Å². The van der Waals surface area contributed by atoms with Crippen LogP contribution in [-0.2, 0) is 10.4 Å². The van der Waals surface area contributed by atoms with Crippen molar-refractivity contribution in [1.29, 1.82) is 0 Å². The third kappa shape index (κ3) is 5.73. The number of aliphatic imine (C=N–C) groups is 2. The molecule has 4 aliphatic heterocycles. The summed E-state index contributed by atoms with van der Waals surface area (Å²) in [4.78, 5) is 29.4.